The van der Waals surface area contributed by atoms with E-state index in [1.165, 1.54) is 30.0 Å². The summed E-state index contributed by atoms with van der Waals surface area (Å²) in [7, 11) is 0. The number of thioether (sulfide) groups is 1. The number of alkyl halides is 2. The summed E-state index contributed by atoms with van der Waals surface area (Å²) in [4.78, 5) is 13.8. The number of halogens is 2. The smallest absolute Gasteiger partial charge is 0.387 e. The molecule has 0 spiro atoms. The molecule has 1 aromatic carbocycles. The Morgan fingerprint density at radius 3 is 2.80 bits per heavy atom. The van der Waals surface area contributed by atoms with Gasteiger partial charge in [-0.1, -0.05) is 0 Å². The van der Waals surface area contributed by atoms with Gasteiger partial charge in [0.15, 0.2) is 0 Å². The van der Waals surface area contributed by atoms with Gasteiger partial charge < -0.3 is 4.74 Å². The first-order chi connectivity index (χ1) is 7.17. The van der Waals surface area contributed by atoms with Crippen molar-refractivity contribution in [2.24, 2.45) is 4.99 Å². The molecular formula is C9H7F2NO2S. The van der Waals surface area contributed by atoms with E-state index < -0.39 is 6.61 Å². The van der Waals surface area contributed by atoms with Crippen LogP contribution in [0, 0.1) is 0 Å². The number of hydrogen-bond donors (Lipinski definition) is 0. The molecule has 0 atom stereocenters. The zero-order valence-electron chi connectivity index (χ0n) is 7.74. The Balaban J connectivity index is 3.06. The molecule has 1 rings (SSSR count). The standard InChI is InChI=1S/C9H7F2NO2S/c1-15-8-3-2-6(12-5-13)4-7(8)14-9(10)11/h2-4,9H,1H3. The Kier molecular flexibility index (Phi) is 4.27. The minimum atomic E-state index is -2.90. The van der Waals surface area contributed by atoms with E-state index in [0.29, 0.717) is 4.90 Å². The molecule has 0 aromatic heterocycles. The highest BCUT2D eigenvalue weighted by Gasteiger charge is 2.09. The zero-order chi connectivity index (χ0) is 11.3. The Labute approximate surface area is 89.2 Å². The minimum Gasteiger partial charge on any atom is -0.434 e. The first-order valence-electron chi connectivity index (χ1n) is 3.88. The van der Waals surface area contributed by atoms with Crippen molar-refractivity contribution in [1.29, 1.82) is 0 Å². The maximum absolute atomic E-state index is 12.0. The van der Waals surface area contributed by atoms with Crippen LogP contribution in [0.5, 0.6) is 5.75 Å². The van der Waals surface area contributed by atoms with Crippen molar-refractivity contribution in [1.82, 2.24) is 0 Å². The molecule has 80 valence electrons. The highest BCUT2D eigenvalue weighted by molar-refractivity contribution is 7.98. The fourth-order valence-electron chi connectivity index (χ4n) is 0.976. The van der Waals surface area contributed by atoms with E-state index >= 15 is 0 Å². The van der Waals surface area contributed by atoms with Crippen LogP contribution < -0.4 is 4.74 Å². The molecule has 6 heteroatoms. The SMILES string of the molecule is CSc1ccc(N=C=O)cc1OC(F)F. The first kappa shape index (κ1) is 11.7. The highest BCUT2D eigenvalue weighted by atomic mass is 32.2. The summed E-state index contributed by atoms with van der Waals surface area (Å²) in [5.41, 5.74) is 0.235. The molecule has 1 aromatic rings. The third kappa shape index (κ3) is 3.34. The molecule has 0 aliphatic heterocycles. The largest absolute Gasteiger partial charge is 0.434 e. The van der Waals surface area contributed by atoms with Crippen molar-refractivity contribution >= 4 is 23.5 Å². The molecular weight excluding hydrogens is 224 g/mol. The van der Waals surface area contributed by atoms with E-state index in [2.05, 4.69) is 9.73 Å². The molecule has 0 radical (unpaired) electrons. The molecule has 0 N–H and O–H groups in total. The molecule has 3 nitrogen and oxygen atoms in total. The normalized spacial score (nSPS) is 9.87. The van der Waals surface area contributed by atoms with Crippen molar-refractivity contribution in [3.05, 3.63) is 18.2 Å². The molecule has 0 heterocycles. The second kappa shape index (κ2) is 5.48. The maximum atomic E-state index is 12.0. The van der Waals surface area contributed by atoms with E-state index in [4.69, 9.17) is 0 Å². The van der Waals surface area contributed by atoms with Gasteiger partial charge in [0.1, 0.15) is 5.75 Å². The molecule has 0 saturated heterocycles. The number of aliphatic imine (C=N–C) groups is 1. The quantitative estimate of drug-likeness (QED) is 0.454. The van der Waals surface area contributed by atoms with E-state index in [0.717, 1.165) is 0 Å². The van der Waals surface area contributed by atoms with Gasteiger partial charge in [-0.05, 0) is 18.4 Å². The number of nitrogens with zero attached hydrogens (tertiary/aromatic N) is 1. The number of isocyanates is 1. The Hall–Kier alpha value is -1.39. The van der Waals surface area contributed by atoms with Crippen molar-refractivity contribution in [2.45, 2.75) is 11.5 Å². The summed E-state index contributed by atoms with van der Waals surface area (Å²) in [6, 6.07) is 4.34. The van der Waals surface area contributed by atoms with Crippen molar-refractivity contribution < 1.29 is 18.3 Å². The summed E-state index contributed by atoms with van der Waals surface area (Å²) >= 11 is 1.27. The van der Waals surface area contributed by atoms with Crippen molar-refractivity contribution in [3.63, 3.8) is 0 Å². The molecule has 0 aliphatic carbocycles. The van der Waals surface area contributed by atoms with Crippen LogP contribution in [0.1, 0.15) is 0 Å². The molecule has 0 bridgehead atoms. The van der Waals surface area contributed by atoms with Crippen LogP contribution in [-0.2, 0) is 4.79 Å². The third-order valence-corrected chi connectivity index (χ3v) is 2.32. The lowest BCUT2D eigenvalue weighted by Crippen LogP contribution is -2.02. The lowest BCUT2D eigenvalue weighted by atomic mass is 10.3. The van der Waals surface area contributed by atoms with Crippen LogP contribution in [0.3, 0.4) is 0 Å². The van der Waals surface area contributed by atoms with Gasteiger partial charge in [0.05, 0.1) is 5.69 Å². The van der Waals surface area contributed by atoms with Gasteiger partial charge >= 0.3 is 6.61 Å². The summed E-state index contributed by atoms with van der Waals surface area (Å²) in [6.45, 7) is -2.90. The lowest BCUT2D eigenvalue weighted by molar-refractivity contribution is -0.0516. The fraction of sp³-hybridized carbons (Fsp3) is 0.222. The highest BCUT2D eigenvalue weighted by Crippen LogP contribution is 2.32. The van der Waals surface area contributed by atoms with Crippen molar-refractivity contribution in [2.75, 3.05) is 6.26 Å². The van der Waals surface area contributed by atoms with Crippen molar-refractivity contribution in [3.8, 4) is 5.75 Å². The summed E-state index contributed by atoms with van der Waals surface area (Å²) in [5, 5.41) is 0. The lowest BCUT2D eigenvalue weighted by Gasteiger charge is -2.08. The fourth-order valence-corrected chi connectivity index (χ4v) is 1.49. The monoisotopic (exact) mass is 231 g/mol. The second-order valence-electron chi connectivity index (χ2n) is 2.42. The Morgan fingerprint density at radius 2 is 2.27 bits per heavy atom. The van der Waals surface area contributed by atoms with Crippen LogP contribution >= 0.6 is 11.8 Å². The molecule has 0 fully saturated rings. The predicted octanol–water partition coefficient (Wildman–Crippen LogP) is 2.98. The zero-order valence-corrected chi connectivity index (χ0v) is 8.55. The van der Waals surface area contributed by atoms with Gasteiger partial charge in [-0.25, -0.2) is 4.79 Å². The van der Waals surface area contributed by atoms with Crippen LogP contribution in [-0.4, -0.2) is 18.9 Å². The molecule has 0 aliphatic rings. The van der Waals surface area contributed by atoms with Crippen LogP contribution in [0.4, 0.5) is 14.5 Å². The average Bonchev–Trinajstić information content (AvgIpc) is 2.18. The number of hydrogen-bond acceptors (Lipinski definition) is 4. The molecule has 15 heavy (non-hydrogen) atoms. The summed E-state index contributed by atoms with van der Waals surface area (Å²) in [5.74, 6) is 0.00833. The van der Waals surface area contributed by atoms with E-state index in [1.54, 1.807) is 12.3 Å². The minimum absolute atomic E-state index is 0.00833. The Morgan fingerprint density at radius 1 is 1.53 bits per heavy atom. The van der Waals surface area contributed by atoms with Gasteiger partial charge in [0.2, 0.25) is 6.08 Å². The van der Waals surface area contributed by atoms with E-state index in [9.17, 15) is 13.6 Å². The third-order valence-electron chi connectivity index (χ3n) is 1.54. The van der Waals surface area contributed by atoms with Crippen LogP contribution in [0.2, 0.25) is 0 Å². The summed E-state index contributed by atoms with van der Waals surface area (Å²) < 4.78 is 28.3. The second-order valence-corrected chi connectivity index (χ2v) is 3.26. The van der Waals surface area contributed by atoms with Gasteiger partial charge in [-0.3, -0.25) is 0 Å². The van der Waals surface area contributed by atoms with Gasteiger partial charge in [-0.15, -0.1) is 11.8 Å². The number of benzene rings is 1. The van der Waals surface area contributed by atoms with Gasteiger partial charge in [-0.2, -0.15) is 13.8 Å². The topological polar surface area (TPSA) is 38.7 Å². The molecule has 0 unspecified atom stereocenters. The Bertz CT molecular complexity index is 392. The predicted molar refractivity (Wildman–Crippen MR) is 52.6 cm³/mol. The molecule has 0 amide bonds. The number of rotatable bonds is 4. The van der Waals surface area contributed by atoms with E-state index in [1.807, 2.05) is 0 Å². The van der Waals surface area contributed by atoms with E-state index in [-0.39, 0.29) is 11.4 Å². The maximum Gasteiger partial charge on any atom is 0.387 e. The van der Waals surface area contributed by atoms with Gasteiger partial charge in [0, 0.05) is 11.0 Å². The van der Waals surface area contributed by atoms with Crippen LogP contribution in [0.15, 0.2) is 28.1 Å². The number of carbonyl (C=O) groups excluding carboxylic acids is 1. The van der Waals surface area contributed by atoms with Crippen LogP contribution in [0.25, 0.3) is 0 Å². The average molecular weight is 231 g/mol. The summed E-state index contributed by atoms with van der Waals surface area (Å²) in [6.07, 6.45) is 3.06. The molecule has 0 saturated carbocycles. The number of ether oxygens (including phenoxy) is 1. The van der Waals surface area contributed by atoms with Gasteiger partial charge in [0.25, 0.3) is 0 Å². The first-order valence-corrected chi connectivity index (χ1v) is 5.10.